The van der Waals surface area contributed by atoms with Gasteiger partial charge in [-0.25, -0.2) is 0 Å². The molecule has 3 fully saturated rings. The standard InChI is InChI=1S/C18H21Cl2N3O3/c19-12-1-2-13(21)16(17(12)20)9-3-4-22-14(5-9)18(26)23(8-15(22)25)10-6-11(24)7-10/h1-2,9-11,14,24H,3-8,21H2/t9-,10?,11?,14+/m0/s1. The Morgan fingerprint density at radius 2 is 1.85 bits per heavy atom. The maximum absolute atomic E-state index is 13.0. The van der Waals surface area contributed by atoms with Crippen LogP contribution in [-0.2, 0) is 9.59 Å². The highest BCUT2D eigenvalue weighted by Gasteiger charge is 2.47. The smallest absolute Gasteiger partial charge is 0.246 e. The van der Waals surface area contributed by atoms with Crippen molar-refractivity contribution < 1.29 is 14.7 Å². The number of aliphatic hydroxyl groups excluding tert-OH is 1. The number of nitrogen functional groups attached to an aromatic ring is 1. The highest BCUT2D eigenvalue weighted by atomic mass is 35.5. The molecule has 3 aliphatic rings. The molecule has 0 bridgehead atoms. The van der Waals surface area contributed by atoms with Crippen molar-refractivity contribution in [3.63, 3.8) is 0 Å². The van der Waals surface area contributed by atoms with E-state index in [9.17, 15) is 14.7 Å². The van der Waals surface area contributed by atoms with Gasteiger partial charge in [-0.05, 0) is 49.3 Å². The summed E-state index contributed by atoms with van der Waals surface area (Å²) >= 11 is 12.5. The Hall–Kier alpha value is -1.50. The van der Waals surface area contributed by atoms with Gasteiger partial charge in [0.05, 0.1) is 16.1 Å². The second-order valence-corrected chi connectivity index (χ2v) is 8.22. The third kappa shape index (κ3) is 2.84. The van der Waals surface area contributed by atoms with Gasteiger partial charge in [0.1, 0.15) is 12.6 Å². The number of aliphatic hydroxyl groups is 1. The molecule has 6 nitrogen and oxygen atoms in total. The molecule has 4 rings (SSSR count). The van der Waals surface area contributed by atoms with Gasteiger partial charge in [-0.3, -0.25) is 9.59 Å². The number of carbonyl (C=O) groups is 2. The number of amides is 2. The van der Waals surface area contributed by atoms with E-state index in [4.69, 9.17) is 28.9 Å². The average molecular weight is 398 g/mol. The van der Waals surface area contributed by atoms with Gasteiger partial charge in [-0.15, -0.1) is 0 Å². The molecular formula is C18H21Cl2N3O3. The number of rotatable bonds is 2. The molecule has 1 saturated carbocycles. The SMILES string of the molecule is Nc1ccc(Cl)c(Cl)c1[C@H]1CCN2C(=O)CN(C3CC(O)C3)C(=O)[C@H]2C1. The molecule has 2 saturated heterocycles. The van der Waals surface area contributed by atoms with E-state index in [1.165, 1.54) is 0 Å². The Morgan fingerprint density at radius 1 is 1.12 bits per heavy atom. The van der Waals surface area contributed by atoms with Gasteiger partial charge in [0.2, 0.25) is 11.8 Å². The van der Waals surface area contributed by atoms with Crippen molar-refractivity contribution in [1.29, 1.82) is 0 Å². The molecule has 2 amide bonds. The van der Waals surface area contributed by atoms with Gasteiger partial charge in [-0.1, -0.05) is 23.2 Å². The number of piperidine rings is 1. The minimum Gasteiger partial charge on any atom is -0.398 e. The van der Waals surface area contributed by atoms with Crippen molar-refractivity contribution in [3.8, 4) is 0 Å². The first kappa shape index (κ1) is 17.9. The molecule has 26 heavy (non-hydrogen) atoms. The van der Waals surface area contributed by atoms with Crippen LogP contribution in [0.15, 0.2) is 12.1 Å². The predicted molar refractivity (Wildman–Crippen MR) is 99.1 cm³/mol. The molecule has 2 heterocycles. The normalized spacial score (nSPS) is 31.7. The molecule has 1 aromatic rings. The number of fused-ring (bicyclic) bond motifs is 1. The maximum atomic E-state index is 13.0. The first-order valence-electron chi connectivity index (χ1n) is 8.88. The fourth-order valence-electron chi connectivity index (χ4n) is 4.38. The van der Waals surface area contributed by atoms with E-state index in [0.717, 1.165) is 5.56 Å². The van der Waals surface area contributed by atoms with Crippen LogP contribution in [0.3, 0.4) is 0 Å². The number of hydrogen-bond donors (Lipinski definition) is 2. The lowest BCUT2D eigenvalue weighted by Crippen LogP contribution is -2.65. The van der Waals surface area contributed by atoms with Crippen molar-refractivity contribution >= 4 is 40.7 Å². The molecule has 0 spiro atoms. The fourth-order valence-corrected chi connectivity index (χ4v) is 4.88. The second kappa shape index (κ2) is 6.59. The highest BCUT2D eigenvalue weighted by Crippen LogP contribution is 2.43. The zero-order valence-corrected chi connectivity index (χ0v) is 15.7. The van der Waals surface area contributed by atoms with Crippen molar-refractivity contribution in [2.24, 2.45) is 0 Å². The Balaban J connectivity index is 1.59. The topological polar surface area (TPSA) is 86.9 Å². The number of nitrogens with two attached hydrogens (primary N) is 1. The predicted octanol–water partition coefficient (Wildman–Crippen LogP) is 2.02. The second-order valence-electron chi connectivity index (χ2n) is 7.43. The Morgan fingerprint density at radius 3 is 2.54 bits per heavy atom. The monoisotopic (exact) mass is 397 g/mol. The van der Waals surface area contributed by atoms with Crippen LogP contribution < -0.4 is 5.73 Å². The van der Waals surface area contributed by atoms with Crippen LogP contribution in [-0.4, -0.2) is 58.0 Å². The molecule has 2 aliphatic heterocycles. The summed E-state index contributed by atoms with van der Waals surface area (Å²) in [7, 11) is 0. The maximum Gasteiger partial charge on any atom is 0.246 e. The lowest BCUT2D eigenvalue weighted by molar-refractivity contribution is -0.164. The van der Waals surface area contributed by atoms with Crippen molar-refractivity contribution in [3.05, 3.63) is 27.7 Å². The van der Waals surface area contributed by atoms with Crippen LogP contribution in [0.2, 0.25) is 10.0 Å². The van der Waals surface area contributed by atoms with Crippen molar-refractivity contribution in [2.75, 3.05) is 18.8 Å². The lowest BCUT2D eigenvalue weighted by Gasteiger charge is -2.49. The van der Waals surface area contributed by atoms with Gasteiger partial charge in [0.25, 0.3) is 0 Å². The van der Waals surface area contributed by atoms with Crippen molar-refractivity contribution in [1.82, 2.24) is 9.80 Å². The van der Waals surface area contributed by atoms with E-state index in [1.807, 2.05) is 0 Å². The van der Waals surface area contributed by atoms with Crippen LogP contribution in [0.5, 0.6) is 0 Å². The summed E-state index contributed by atoms with van der Waals surface area (Å²) in [6.45, 7) is 0.612. The summed E-state index contributed by atoms with van der Waals surface area (Å²) in [4.78, 5) is 28.9. The Kier molecular flexibility index (Phi) is 4.53. The summed E-state index contributed by atoms with van der Waals surface area (Å²) in [6, 6.07) is 2.86. The molecule has 2 atom stereocenters. The number of anilines is 1. The lowest BCUT2D eigenvalue weighted by atomic mass is 9.81. The number of nitrogens with zero attached hydrogens (tertiary/aromatic N) is 2. The van der Waals surface area contributed by atoms with E-state index in [1.54, 1.807) is 21.9 Å². The van der Waals surface area contributed by atoms with E-state index in [0.29, 0.717) is 48.0 Å². The van der Waals surface area contributed by atoms with Crippen LogP contribution >= 0.6 is 23.2 Å². The summed E-state index contributed by atoms with van der Waals surface area (Å²) in [5.41, 5.74) is 7.46. The minimum absolute atomic E-state index is 0.0221. The van der Waals surface area contributed by atoms with Gasteiger partial charge in [-0.2, -0.15) is 0 Å². The summed E-state index contributed by atoms with van der Waals surface area (Å²) < 4.78 is 0. The number of halogens is 2. The summed E-state index contributed by atoms with van der Waals surface area (Å²) in [5, 5.41) is 10.4. The third-order valence-electron chi connectivity index (χ3n) is 5.90. The zero-order valence-electron chi connectivity index (χ0n) is 14.2. The Bertz CT molecular complexity index is 766. The molecular weight excluding hydrogens is 377 g/mol. The first-order valence-corrected chi connectivity index (χ1v) is 9.63. The van der Waals surface area contributed by atoms with Gasteiger partial charge in [0.15, 0.2) is 0 Å². The number of benzene rings is 1. The van der Waals surface area contributed by atoms with Gasteiger partial charge >= 0.3 is 0 Å². The van der Waals surface area contributed by atoms with E-state index >= 15 is 0 Å². The zero-order chi connectivity index (χ0) is 18.6. The molecule has 0 radical (unpaired) electrons. The molecule has 1 aliphatic carbocycles. The Labute approximate surface area is 161 Å². The molecule has 140 valence electrons. The largest absolute Gasteiger partial charge is 0.398 e. The van der Waals surface area contributed by atoms with Crippen LogP contribution in [0.25, 0.3) is 0 Å². The quantitative estimate of drug-likeness (QED) is 0.747. The number of hydrogen-bond acceptors (Lipinski definition) is 4. The van der Waals surface area contributed by atoms with Gasteiger partial charge < -0.3 is 20.6 Å². The average Bonchev–Trinajstić information content (AvgIpc) is 2.59. The van der Waals surface area contributed by atoms with E-state index in [-0.39, 0.29) is 36.4 Å². The number of piperazine rings is 1. The van der Waals surface area contributed by atoms with Gasteiger partial charge in [0, 0.05) is 18.3 Å². The summed E-state index contributed by atoms with van der Waals surface area (Å²) in [6.07, 6.45) is 1.90. The third-order valence-corrected chi connectivity index (χ3v) is 6.72. The van der Waals surface area contributed by atoms with E-state index in [2.05, 4.69) is 0 Å². The molecule has 8 heteroatoms. The summed E-state index contributed by atoms with van der Waals surface area (Å²) in [5.74, 6) is -0.0892. The molecule has 0 unspecified atom stereocenters. The molecule has 1 aromatic carbocycles. The first-order chi connectivity index (χ1) is 12.4. The molecule has 0 aromatic heterocycles. The van der Waals surface area contributed by atoms with Crippen LogP contribution in [0.1, 0.15) is 37.2 Å². The fraction of sp³-hybridized carbons (Fsp3) is 0.556. The highest BCUT2D eigenvalue weighted by molar-refractivity contribution is 6.42. The minimum atomic E-state index is -0.498. The molecule has 3 N–H and O–H groups in total. The number of carbonyl (C=O) groups excluding carboxylic acids is 2. The van der Waals surface area contributed by atoms with E-state index < -0.39 is 6.04 Å². The van der Waals surface area contributed by atoms with Crippen LogP contribution in [0, 0.1) is 0 Å². The van der Waals surface area contributed by atoms with Crippen molar-refractivity contribution in [2.45, 2.75) is 49.8 Å². The van der Waals surface area contributed by atoms with Crippen LogP contribution in [0.4, 0.5) is 5.69 Å².